The first-order valence-electron chi connectivity index (χ1n) is 4.08. The minimum Gasteiger partial charge on any atom is -0.390 e. The summed E-state index contributed by atoms with van der Waals surface area (Å²) in [5.74, 6) is 0.205. The molecule has 0 aliphatic heterocycles. The van der Waals surface area contributed by atoms with Gasteiger partial charge in [-0.15, -0.1) is 0 Å². The minimum atomic E-state index is -0.695. The molecule has 3 heteroatoms. The van der Waals surface area contributed by atoms with Gasteiger partial charge in [0, 0.05) is 12.8 Å². The topological polar surface area (TPSA) is 57.5 Å². The van der Waals surface area contributed by atoms with Gasteiger partial charge in [-0.2, -0.15) is 0 Å². The van der Waals surface area contributed by atoms with Gasteiger partial charge >= 0.3 is 0 Å². The maximum atomic E-state index is 10.9. The maximum Gasteiger partial charge on any atom is 0.133 e. The van der Waals surface area contributed by atoms with E-state index in [2.05, 4.69) is 0 Å². The molecule has 2 atom stereocenters. The Kier molecular flexibility index (Phi) is 3.02. The summed E-state index contributed by atoms with van der Waals surface area (Å²) in [7, 11) is 0. The van der Waals surface area contributed by atoms with E-state index in [-0.39, 0.29) is 5.78 Å². The second-order valence-electron chi connectivity index (χ2n) is 3.10. The molecule has 2 N–H and O–H groups in total. The van der Waals surface area contributed by atoms with E-state index in [4.69, 9.17) is 0 Å². The first-order chi connectivity index (χ1) is 5.20. The molecule has 0 amide bonds. The molecule has 1 saturated carbocycles. The highest BCUT2D eigenvalue weighted by Crippen LogP contribution is 2.15. The summed E-state index contributed by atoms with van der Waals surface area (Å²) in [4.78, 5) is 10.9. The summed E-state index contributed by atoms with van der Waals surface area (Å²) >= 11 is 0. The highest BCUT2D eigenvalue weighted by molar-refractivity contribution is 5.78. The van der Waals surface area contributed by atoms with Crippen molar-refractivity contribution in [2.24, 2.45) is 0 Å². The van der Waals surface area contributed by atoms with Crippen LogP contribution in [0.2, 0.25) is 0 Å². The van der Waals surface area contributed by atoms with Crippen molar-refractivity contribution >= 4 is 5.78 Å². The molecule has 0 aromatic carbocycles. The Bertz CT molecular complexity index is 144. The molecule has 0 aromatic rings. The summed E-state index contributed by atoms with van der Waals surface area (Å²) in [5, 5.41) is 18.4. The van der Waals surface area contributed by atoms with Crippen molar-refractivity contribution in [2.75, 3.05) is 0 Å². The Labute approximate surface area is 66.0 Å². The SMILES string of the molecule is O=C1CCC[C@H](O)[C@H](O)CC1. The molecule has 1 aliphatic carbocycles. The van der Waals surface area contributed by atoms with E-state index in [1.165, 1.54) is 0 Å². The highest BCUT2D eigenvalue weighted by Gasteiger charge is 2.20. The van der Waals surface area contributed by atoms with Crippen LogP contribution in [0.15, 0.2) is 0 Å². The van der Waals surface area contributed by atoms with Crippen molar-refractivity contribution in [1.29, 1.82) is 0 Å². The number of carbonyl (C=O) groups excluding carboxylic acids is 1. The fourth-order valence-electron chi connectivity index (χ4n) is 1.33. The lowest BCUT2D eigenvalue weighted by Gasteiger charge is -2.19. The molecular weight excluding hydrogens is 144 g/mol. The van der Waals surface area contributed by atoms with Gasteiger partial charge in [0.05, 0.1) is 12.2 Å². The molecule has 0 spiro atoms. The van der Waals surface area contributed by atoms with Crippen LogP contribution in [0.4, 0.5) is 0 Å². The molecule has 0 unspecified atom stereocenters. The van der Waals surface area contributed by atoms with Gasteiger partial charge < -0.3 is 10.2 Å². The van der Waals surface area contributed by atoms with Gasteiger partial charge in [0.2, 0.25) is 0 Å². The van der Waals surface area contributed by atoms with Gasteiger partial charge in [-0.1, -0.05) is 0 Å². The molecule has 0 aromatic heterocycles. The van der Waals surface area contributed by atoms with E-state index in [1.54, 1.807) is 0 Å². The Hall–Kier alpha value is -0.410. The molecule has 1 fully saturated rings. The van der Waals surface area contributed by atoms with Crippen molar-refractivity contribution < 1.29 is 15.0 Å². The van der Waals surface area contributed by atoms with Crippen LogP contribution in [-0.2, 0) is 4.79 Å². The van der Waals surface area contributed by atoms with Gasteiger partial charge in [-0.25, -0.2) is 0 Å². The van der Waals surface area contributed by atoms with Crippen LogP contribution in [0.25, 0.3) is 0 Å². The zero-order valence-corrected chi connectivity index (χ0v) is 6.49. The lowest BCUT2D eigenvalue weighted by Crippen LogP contribution is -2.28. The Balaban J connectivity index is 2.40. The number of rotatable bonds is 0. The number of aliphatic hydroxyl groups excluding tert-OH is 2. The smallest absolute Gasteiger partial charge is 0.133 e. The summed E-state index contributed by atoms with van der Waals surface area (Å²) in [6, 6.07) is 0. The van der Waals surface area contributed by atoms with Crippen molar-refractivity contribution in [1.82, 2.24) is 0 Å². The van der Waals surface area contributed by atoms with Crippen LogP contribution in [0, 0.1) is 0 Å². The predicted molar refractivity (Wildman–Crippen MR) is 40.1 cm³/mol. The Morgan fingerprint density at radius 3 is 2.45 bits per heavy atom. The summed E-state index contributed by atoms with van der Waals surface area (Å²) < 4.78 is 0. The molecule has 1 aliphatic rings. The predicted octanol–water partition coefficient (Wildman–Crippen LogP) is 0.241. The zero-order chi connectivity index (χ0) is 8.27. The van der Waals surface area contributed by atoms with E-state index in [9.17, 15) is 15.0 Å². The second-order valence-corrected chi connectivity index (χ2v) is 3.10. The van der Waals surface area contributed by atoms with Gasteiger partial charge in [0.25, 0.3) is 0 Å². The third-order valence-corrected chi connectivity index (χ3v) is 2.12. The third-order valence-electron chi connectivity index (χ3n) is 2.12. The van der Waals surface area contributed by atoms with Crippen molar-refractivity contribution in [2.45, 2.75) is 44.3 Å². The second kappa shape index (κ2) is 3.83. The zero-order valence-electron chi connectivity index (χ0n) is 6.49. The molecule has 3 nitrogen and oxygen atoms in total. The van der Waals surface area contributed by atoms with Crippen LogP contribution < -0.4 is 0 Å². The van der Waals surface area contributed by atoms with E-state index in [0.29, 0.717) is 32.1 Å². The van der Waals surface area contributed by atoms with Crippen molar-refractivity contribution in [3.05, 3.63) is 0 Å². The summed E-state index contributed by atoms with van der Waals surface area (Å²) in [6.45, 7) is 0. The number of aliphatic hydroxyl groups is 2. The molecule has 11 heavy (non-hydrogen) atoms. The van der Waals surface area contributed by atoms with E-state index < -0.39 is 12.2 Å². The first kappa shape index (κ1) is 8.68. The van der Waals surface area contributed by atoms with Crippen LogP contribution in [0.3, 0.4) is 0 Å². The standard InChI is InChI=1S/C8H14O3/c9-6-2-1-3-7(10)8(11)5-4-6/h7-8,10-11H,1-5H2/t7-,8+/m0/s1. The molecule has 0 radical (unpaired) electrons. The van der Waals surface area contributed by atoms with Gasteiger partial charge in [0.15, 0.2) is 0 Å². The summed E-state index contributed by atoms with van der Waals surface area (Å²) in [6.07, 6.45) is 1.33. The number of Topliss-reactive ketones (excluding diaryl/α,β-unsaturated/α-hetero) is 1. The van der Waals surface area contributed by atoms with E-state index >= 15 is 0 Å². The van der Waals surface area contributed by atoms with Crippen molar-refractivity contribution in [3.8, 4) is 0 Å². The van der Waals surface area contributed by atoms with Gasteiger partial charge in [-0.05, 0) is 19.3 Å². The van der Waals surface area contributed by atoms with Crippen LogP contribution >= 0.6 is 0 Å². The van der Waals surface area contributed by atoms with E-state index in [1.807, 2.05) is 0 Å². The largest absolute Gasteiger partial charge is 0.390 e. The lowest BCUT2D eigenvalue weighted by atomic mass is 9.96. The monoisotopic (exact) mass is 158 g/mol. The summed E-state index contributed by atoms with van der Waals surface area (Å²) in [5.41, 5.74) is 0. The first-order valence-corrected chi connectivity index (χ1v) is 4.08. The maximum absolute atomic E-state index is 10.9. The molecular formula is C8H14O3. The van der Waals surface area contributed by atoms with Crippen LogP contribution in [0.5, 0.6) is 0 Å². The molecule has 1 rings (SSSR count). The number of hydrogen-bond acceptors (Lipinski definition) is 3. The normalized spacial score (nSPS) is 34.5. The molecule has 0 saturated heterocycles. The average Bonchev–Trinajstić information content (AvgIpc) is 1.98. The van der Waals surface area contributed by atoms with E-state index in [0.717, 1.165) is 0 Å². The highest BCUT2D eigenvalue weighted by atomic mass is 16.3. The number of hydrogen-bond donors (Lipinski definition) is 2. The molecule has 0 heterocycles. The van der Waals surface area contributed by atoms with Crippen molar-refractivity contribution in [3.63, 3.8) is 0 Å². The number of carbonyl (C=O) groups is 1. The fraction of sp³-hybridized carbons (Fsp3) is 0.875. The fourth-order valence-corrected chi connectivity index (χ4v) is 1.33. The van der Waals surface area contributed by atoms with Gasteiger partial charge in [0.1, 0.15) is 5.78 Å². The van der Waals surface area contributed by atoms with Crippen LogP contribution in [-0.4, -0.2) is 28.2 Å². The van der Waals surface area contributed by atoms with Gasteiger partial charge in [-0.3, -0.25) is 4.79 Å². The minimum absolute atomic E-state index is 0.205. The molecule has 0 bridgehead atoms. The molecule has 64 valence electrons. The lowest BCUT2D eigenvalue weighted by molar-refractivity contribution is -0.121. The third kappa shape index (κ3) is 2.60. The average molecular weight is 158 g/mol. The number of ketones is 1. The quantitative estimate of drug-likeness (QED) is 0.531. The Morgan fingerprint density at radius 2 is 1.73 bits per heavy atom. The van der Waals surface area contributed by atoms with Crippen LogP contribution in [0.1, 0.15) is 32.1 Å². The Morgan fingerprint density at radius 1 is 1.09 bits per heavy atom.